The van der Waals surface area contributed by atoms with E-state index in [-0.39, 0.29) is 11.4 Å². The topological polar surface area (TPSA) is 51.8 Å². The first-order chi connectivity index (χ1) is 9.79. The molecule has 2 aromatic rings. The summed E-state index contributed by atoms with van der Waals surface area (Å²) >= 11 is 0.906. The highest BCUT2D eigenvalue weighted by molar-refractivity contribution is 7.99. The second kappa shape index (κ2) is 6.03. The van der Waals surface area contributed by atoms with Crippen molar-refractivity contribution in [3.8, 4) is 0 Å². The third-order valence-electron chi connectivity index (χ3n) is 2.75. The van der Waals surface area contributed by atoms with Crippen molar-refractivity contribution in [2.24, 2.45) is 5.73 Å². The van der Waals surface area contributed by atoms with Gasteiger partial charge < -0.3 is 5.73 Å². The molecule has 1 heterocycles. The Labute approximate surface area is 124 Å². The first kappa shape index (κ1) is 15.8. The number of rotatable bonds is 3. The minimum atomic E-state index is -4.44. The van der Waals surface area contributed by atoms with Crippen LogP contribution in [0.2, 0.25) is 0 Å². The van der Waals surface area contributed by atoms with Crippen LogP contribution in [-0.2, 0) is 12.7 Å². The number of nitrogens with two attached hydrogens (primary N) is 1. The highest BCUT2D eigenvalue weighted by Crippen LogP contribution is 2.39. The van der Waals surface area contributed by atoms with Crippen molar-refractivity contribution in [1.82, 2.24) is 9.97 Å². The molecule has 0 bridgehead atoms. The number of alkyl halides is 3. The Morgan fingerprint density at radius 3 is 2.24 bits per heavy atom. The van der Waals surface area contributed by atoms with Crippen LogP contribution in [-0.4, -0.2) is 9.97 Å². The average Bonchev–Trinajstić information content (AvgIpc) is 2.36. The standard InChI is InChI=1S/C14H14F3N3S/c1-8-5-9(2)20-13(19-8)21-12-4-3-10(7-18)6-11(12)14(15,16)17/h3-6H,7,18H2,1-2H3. The highest BCUT2D eigenvalue weighted by Gasteiger charge is 2.34. The molecule has 0 radical (unpaired) electrons. The lowest BCUT2D eigenvalue weighted by atomic mass is 10.1. The molecule has 21 heavy (non-hydrogen) atoms. The van der Waals surface area contributed by atoms with Gasteiger partial charge >= 0.3 is 6.18 Å². The Morgan fingerprint density at radius 2 is 1.71 bits per heavy atom. The van der Waals surface area contributed by atoms with E-state index < -0.39 is 11.7 Å². The zero-order valence-electron chi connectivity index (χ0n) is 11.5. The van der Waals surface area contributed by atoms with Crippen LogP contribution < -0.4 is 5.73 Å². The van der Waals surface area contributed by atoms with Crippen molar-refractivity contribution in [2.45, 2.75) is 36.6 Å². The van der Waals surface area contributed by atoms with Crippen molar-refractivity contribution in [2.75, 3.05) is 0 Å². The van der Waals surface area contributed by atoms with E-state index in [9.17, 15) is 13.2 Å². The molecule has 0 unspecified atom stereocenters. The van der Waals surface area contributed by atoms with Gasteiger partial charge in [0.25, 0.3) is 0 Å². The maximum Gasteiger partial charge on any atom is 0.417 e. The van der Waals surface area contributed by atoms with Crippen LogP contribution in [0.4, 0.5) is 13.2 Å². The summed E-state index contributed by atoms with van der Waals surface area (Å²) in [6, 6.07) is 5.84. The van der Waals surface area contributed by atoms with Crippen molar-refractivity contribution in [3.05, 3.63) is 46.8 Å². The third-order valence-corrected chi connectivity index (χ3v) is 3.69. The molecule has 7 heteroatoms. The summed E-state index contributed by atoms with van der Waals surface area (Å²) < 4.78 is 39.4. The molecule has 0 aliphatic rings. The lowest BCUT2D eigenvalue weighted by Crippen LogP contribution is -2.09. The van der Waals surface area contributed by atoms with E-state index >= 15 is 0 Å². The minimum absolute atomic E-state index is 0.0636. The summed E-state index contributed by atoms with van der Waals surface area (Å²) in [5.74, 6) is 0. The predicted molar refractivity (Wildman–Crippen MR) is 75.0 cm³/mol. The number of halogens is 3. The van der Waals surface area contributed by atoms with Gasteiger partial charge in [-0.1, -0.05) is 6.07 Å². The zero-order valence-corrected chi connectivity index (χ0v) is 12.3. The number of benzene rings is 1. The first-order valence-corrected chi connectivity index (χ1v) is 7.01. The summed E-state index contributed by atoms with van der Waals surface area (Å²) in [6.07, 6.45) is -4.44. The van der Waals surface area contributed by atoms with Crippen LogP contribution in [0.1, 0.15) is 22.5 Å². The summed E-state index contributed by atoms with van der Waals surface area (Å²) in [6.45, 7) is 3.62. The molecule has 0 saturated heterocycles. The Bertz CT molecular complexity index is 636. The number of aromatic nitrogens is 2. The molecule has 0 aliphatic heterocycles. The van der Waals surface area contributed by atoms with E-state index in [1.54, 1.807) is 26.0 Å². The summed E-state index contributed by atoms with van der Waals surface area (Å²) in [7, 11) is 0. The van der Waals surface area contributed by atoms with Crippen molar-refractivity contribution < 1.29 is 13.2 Å². The van der Waals surface area contributed by atoms with E-state index in [1.165, 1.54) is 6.07 Å². The largest absolute Gasteiger partial charge is 0.417 e. The quantitative estimate of drug-likeness (QED) is 0.877. The van der Waals surface area contributed by atoms with Gasteiger partial charge in [0, 0.05) is 22.8 Å². The molecule has 0 amide bonds. The number of hydrogen-bond acceptors (Lipinski definition) is 4. The SMILES string of the molecule is Cc1cc(C)nc(Sc2ccc(CN)cc2C(F)(F)F)n1. The van der Waals surface area contributed by atoms with Crippen molar-refractivity contribution in [1.29, 1.82) is 0 Å². The van der Waals surface area contributed by atoms with Gasteiger partial charge in [-0.05, 0) is 49.4 Å². The van der Waals surface area contributed by atoms with Gasteiger partial charge in [-0.3, -0.25) is 0 Å². The van der Waals surface area contributed by atoms with Crippen molar-refractivity contribution in [3.63, 3.8) is 0 Å². The molecule has 1 aromatic carbocycles. The number of nitrogens with zero attached hydrogens (tertiary/aromatic N) is 2. The lowest BCUT2D eigenvalue weighted by molar-refractivity contribution is -0.139. The summed E-state index contributed by atoms with van der Waals surface area (Å²) in [5.41, 5.74) is 6.57. The second-order valence-corrected chi connectivity index (χ2v) is 5.58. The normalized spacial score (nSPS) is 11.7. The van der Waals surface area contributed by atoms with Gasteiger partial charge in [0.1, 0.15) is 0 Å². The average molecular weight is 313 g/mol. The summed E-state index contributed by atoms with van der Waals surface area (Å²) in [5, 5.41) is 0.304. The van der Waals surface area contributed by atoms with Gasteiger partial charge in [-0.25, -0.2) is 9.97 Å². The summed E-state index contributed by atoms with van der Waals surface area (Å²) in [4.78, 5) is 8.38. The molecule has 0 spiro atoms. The van der Waals surface area contributed by atoms with E-state index in [0.717, 1.165) is 29.2 Å². The fourth-order valence-electron chi connectivity index (χ4n) is 1.85. The maximum absolute atomic E-state index is 13.1. The lowest BCUT2D eigenvalue weighted by Gasteiger charge is -2.13. The fraction of sp³-hybridized carbons (Fsp3) is 0.286. The monoisotopic (exact) mass is 313 g/mol. The van der Waals surface area contributed by atoms with Gasteiger partial charge in [0.2, 0.25) is 0 Å². The van der Waals surface area contributed by atoms with Crippen LogP contribution >= 0.6 is 11.8 Å². The van der Waals surface area contributed by atoms with Gasteiger partial charge in [0.15, 0.2) is 5.16 Å². The van der Waals surface area contributed by atoms with Crippen LogP contribution in [0.5, 0.6) is 0 Å². The van der Waals surface area contributed by atoms with E-state index in [1.807, 2.05) is 0 Å². The Kier molecular flexibility index (Phi) is 4.53. The molecule has 112 valence electrons. The molecule has 0 fully saturated rings. The van der Waals surface area contributed by atoms with Gasteiger partial charge in [0.05, 0.1) is 5.56 Å². The number of hydrogen-bond donors (Lipinski definition) is 1. The highest BCUT2D eigenvalue weighted by atomic mass is 32.2. The first-order valence-electron chi connectivity index (χ1n) is 6.20. The Hall–Kier alpha value is -1.60. The Morgan fingerprint density at radius 1 is 1.10 bits per heavy atom. The predicted octanol–water partition coefficient (Wildman–Crippen LogP) is 3.72. The Balaban J connectivity index is 2.43. The van der Waals surface area contributed by atoms with Crippen LogP contribution in [0.3, 0.4) is 0 Å². The smallest absolute Gasteiger partial charge is 0.326 e. The van der Waals surface area contributed by atoms with Crippen LogP contribution in [0.25, 0.3) is 0 Å². The molecule has 3 nitrogen and oxygen atoms in total. The van der Waals surface area contributed by atoms with Gasteiger partial charge in [-0.15, -0.1) is 0 Å². The molecule has 1 aromatic heterocycles. The van der Waals surface area contributed by atoms with Crippen LogP contribution in [0, 0.1) is 13.8 Å². The van der Waals surface area contributed by atoms with E-state index in [0.29, 0.717) is 10.7 Å². The van der Waals surface area contributed by atoms with Crippen LogP contribution in [0.15, 0.2) is 34.3 Å². The molecule has 0 saturated carbocycles. The fourth-order valence-corrected chi connectivity index (χ4v) is 2.85. The molecule has 2 rings (SSSR count). The molecular weight excluding hydrogens is 299 g/mol. The third kappa shape index (κ3) is 3.95. The van der Waals surface area contributed by atoms with E-state index in [4.69, 9.17) is 5.73 Å². The number of aryl methyl sites for hydroxylation is 2. The molecular formula is C14H14F3N3S. The zero-order chi connectivity index (χ0) is 15.6. The van der Waals surface area contributed by atoms with E-state index in [2.05, 4.69) is 9.97 Å². The second-order valence-electron chi connectivity index (χ2n) is 4.57. The minimum Gasteiger partial charge on any atom is -0.326 e. The van der Waals surface area contributed by atoms with Crippen molar-refractivity contribution >= 4 is 11.8 Å². The van der Waals surface area contributed by atoms with Gasteiger partial charge in [-0.2, -0.15) is 13.2 Å². The molecule has 2 N–H and O–H groups in total. The molecule has 0 atom stereocenters. The maximum atomic E-state index is 13.1. The molecule has 0 aliphatic carbocycles.